The molecule has 4 rings (SSSR count). The predicted octanol–water partition coefficient (Wildman–Crippen LogP) is 1.65. The van der Waals surface area contributed by atoms with Gasteiger partial charge in [0.15, 0.2) is 5.78 Å². The van der Waals surface area contributed by atoms with Crippen LogP contribution in [0.5, 0.6) is 5.75 Å². The molecule has 0 radical (unpaired) electrons. The molecule has 1 saturated heterocycles. The number of esters is 2. The van der Waals surface area contributed by atoms with E-state index in [0.717, 1.165) is 5.56 Å². The van der Waals surface area contributed by atoms with Crippen molar-refractivity contribution in [2.75, 3.05) is 20.8 Å². The lowest BCUT2D eigenvalue weighted by Crippen LogP contribution is -2.58. The van der Waals surface area contributed by atoms with Gasteiger partial charge in [0, 0.05) is 18.0 Å². The molecule has 0 saturated carbocycles. The van der Waals surface area contributed by atoms with Gasteiger partial charge >= 0.3 is 11.9 Å². The number of carbonyl (C=O) groups is 3. The maximum absolute atomic E-state index is 13.6. The first-order valence-electron chi connectivity index (χ1n) is 10.0. The molecular formula is C23H24N2O6. The molecule has 0 bridgehead atoms. The number of rotatable bonds is 5. The van der Waals surface area contributed by atoms with Crippen LogP contribution in [0, 0.1) is 5.92 Å². The lowest BCUT2D eigenvalue weighted by atomic mass is 9.73. The number of ketones is 1. The Morgan fingerprint density at radius 2 is 1.87 bits per heavy atom. The van der Waals surface area contributed by atoms with Crippen molar-refractivity contribution in [3.63, 3.8) is 0 Å². The fourth-order valence-electron chi connectivity index (χ4n) is 4.73. The summed E-state index contributed by atoms with van der Waals surface area (Å²) in [6.45, 7) is 1.81. The second-order valence-corrected chi connectivity index (χ2v) is 7.43. The average Bonchev–Trinajstić information content (AvgIpc) is 3.30. The molecule has 31 heavy (non-hydrogen) atoms. The largest absolute Gasteiger partial charge is 0.497 e. The van der Waals surface area contributed by atoms with E-state index in [4.69, 9.17) is 14.2 Å². The van der Waals surface area contributed by atoms with Crippen LogP contribution in [0.25, 0.3) is 0 Å². The van der Waals surface area contributed by atoms with Gasteiger partial charge in [0.25, 0.3) is 0 Å². The summed E-state index contributed by atoms with van der Waals surface area (Å²) in [4.78, 5) is 41.3. The van der Waals surface area contributed by atoms with E-state index in [1.165, 1.54) is 13.2 Å². The Balaban J connectivity index is 1.91. The Hall–Kier alpha value is -3.39. The van der Waals surface area contributed by atoms with Gasteiger partial charge in [-0.25, -0.2) is 0 Å². The Labute approximate surface area is 180 Å². The number of allylic oxidation sites excluding steroid dienone is 3. The molecule has 8 nitrogen and oxygen atoms in total. The summed E-state index contributed by atoms with van der Waals surface area (Å²) in [5.74, 6) is -2.01. The van der Waals surface area contributed by atoms with Crippen molar-refractivity contribution in [1.82, 2.24) is 10.2 Å². The summed E-state index contributed by atoms with van der Waals surface area (Å²) in [6, 6.07) is 5.43. The number of hydrogen-bond acceptors (Lipinski definition) is 8. The fraction of sp³-hybridized carbons (Fsp3) is 0.348. The highest BCUT2D eigenvalue weighted by Crippen LogP contribution is 2.52. The zero-order valence-corrected chi connectivity index (χ0v) is 17.5. The van der Waals surface area contributed by atoms with Gasteiger partial charge in [-0.1, -0.05) is 18.2 Å². The van der Waals surface area contributed by atoms with Crippen molar-refractivity contribution in [2.45, 2.75) is 24.5 Å². The van der Waals surface area contributed by atoms with E-state index >= 15 is 0 Å². The molecule has 0 aliphatic carbocycles. The monoisotopic (exact) mass is 424 g/mol. The van der Waals surface area contributed by atoms with E-state index in [2.05, 4.69) is 5.32 Å². The normalized spacial score (nSPS) is 28.5. The number of nitrogens with zero attached hydrogens (tertiary/aromatic N) is 1. The first-order chi connectivity index (χ1) is 15.0. The number of benzene rings is 1. The molecule has 3 aliphatic rings. The van der Waals surface area contributed by atoms with Gasteiger partial charge in [0.2, 0.25) is 0 Å². The van der Waals surface area contributed by atoms with Crippen LogP contribution in [0.15, 0.2) is 60.5 Å². The Morgan fingerprint density at radius 1 is 1.13 bits per heavy atom. The van der Waals surface area contributed by atoms with E-state index in [9.17, 15) is 14.4 Å². The van der Waals surface area contributed by atoms with Crippen molar-refractivity contribution in [3.8, 4) is 5.75 Å². The number of nitrogens with one attached hydrogen (secondary N) is 1. The Morgan fingerprint density at radius 3 is 2.52 bits per heavy atom. The summed E-state index contributed by atoms with van der Waals surface area (Å²) in [6.07, 6.45) is 8.66. The molecule has 3 aliphatic heterocycles. The average molecular weight is 424 g/mol. The molecule has 0 amide bonds. The van der Waals surface area contributed by atoms with Crippen LogP contribution in [-0.4, -0.2) is 55.0 Å². The van der Waals surface area contributed by atoms with Crippen LogP contribution in [0.1, 0.15) is 18.5 Å². The number of carbonyl (C=O) groups excluding carboxylic acids is 3. The summed E-state index contributed by atoms with van der Waals surface area (Å²) >= 11 is 0. The van der Waals surface area contributed by atoms with Crippen molar-refractivity contribution in [3.05, 3.63) is 66.0 Å². The third-order valence-electron chi connectivity index (χ3n) is 6.00. The minimum absolute atomic E-state index is 0.122. The zero-order valence-electron chi connectivity index (χ0n) is 17.5. The summed E-state index contributed by atoms with van der Waals surface area (Å²) < 4.78 is 15.6. The molecule has 1 spiro atoms. The van der Waals surface area contributed by atoms with Crippen LogP contribution >= 0.6 is 0 Å². The SMILES string of the molecule is CCOC(=O)[C@H]1[C@H](C(=O)OC)N[C@@H](c2ccc(OC)cc2)[C@]12C(=O)C=C1C=CC=CN12. The van der Waals surface area contributed by atoms with Gasteiger partial charge < -0.3 is 19.1 Å². The second kappa shape index (κ2) is 8.03. The number of fused-ring (bicyclic) bond motifs is 2. The molecule has 4 atom stereocenters. The highest BCUT2D eigenvalue weighted by atomic mass is 16.5. The maximum atomic E-state index is 13.6. The first kappa shape index (κ1) is 20.9. The number of hydrogen-bond donors (Lipinski definition) is 1. The summed E-state index contributed by atoms with van der Waals surface area (Å²) in [5.41, 5.74) is -0.0453. The van der Waals surface area contributed by atoms with Crippen molar-refractivity contribution in [2.24, 2.45) is 5.92 Å². The third-order valence-corrected chi connectivity index (χ3v) is 6.00. The van der Waals surface area contributed by atoms with Crippen LogP contribution in [0.3, 0.4) is 0 Å². The fourth-order valence-corrected chi connectivity index (χ4v) is 4.73. The Kier molecular flexibility index (Phi) is 5.41. The lowest BCUT2D eigenvalue weighted by Gasteiger charge is -2.42. The van der Waals surface area contributed by atoms with Gasteiger partial charge in [-0.3, -0.25) is 19.7 Å². The molecule has 3 heterocycles. The van der Waals surface area contributed by atoms with Crippen LogP contribution in [0.4, 0.5) is 0 Å². The zero-order chi connectivity index (χ0) is 22.2. The Bertz CT molecular complexity index is 996. The van der Waals surface area contributed by atoms with Crippen molar-refractivity contribution < 1.29 is 28.6 Å². The highest BCUT2D eigenvalue weighted by molar-refractivity contribution is 6.08. The lowest BCUT2D eigenvalue weighted by molar-refractivity contribution is -0.159. The van der Waals surface area contributed by atoms with E-state index in [1.54, 1.807) is 49.4 Å². The van der Waals surface area contributed by atoms with Crippen LogP contribution < -0.4 is 10.1 Å². The standard InChI is InChI=1S/C23H24N2O6/c1-4-31-21(27)18-19(22(28)30-3)24-20(14-8-10-16(29-2)11-9-14)23(18)17(26)13-15-7-5-6-12-25(15)23/h5-13,18-20,24H,4H2,1-3H3/t18-,19-,20+,23+/m1/s1. The van der Waals surface area contributed by atoms with E-state index in [1.807, 2.05) is 18.2 Å². The third kappa shape index (κ3) is 3.06. The van der Waals surface area contributed by atoms with E-state index in [0.29, 0.717) is 11.4 Å². The number of ether oxygens (including phenoxy) is 3. The van der Waals surface area contributed by atoms with E-state index < -0.39 is 35.5 Å². The molecule has 1 fully saturated rings. The minimum Gasteiger partial charge on any atom is -0.497 e. The van der Waals surface area contributed by atoms with E-state index in [-0.39, 0.29) is 12.4 Å². The molecule has 1 aromatic carbocycles. The maximum Gasteiger partial charge on any atom is 0.323 e. The van der Waals surface area contributed by atoms with Gasteiger partial charge in [-0.05, 0) is 36.8 Å². The predicted molar refractivity (Wildman–Crippen MR) is 111 cm³/mol. The minimum atomic E-state index is -1.42. The van der Waals surface area contributed by atoms with Crippen LogP contribution in [0.2, 0.25) is 0 Å². The van der Waals surface area contributed by atoms with Gasteiger partial charge in [0.05, 0.1) is 26.9 Å². The van der Waals surface area contributed by atoms with Gasteiger partial charge in [-0.2, -0.15) is 0 Å². The molecule has 1 aromatic rings. The highest BCUT2D eigenvalue weighted by Gasteiger charge is 2.69. The quantitative estimate of drug-likeness (QED) is 0.714. The topological polar surface area (TPSA) is 94.2 Å². The molecule has 8 heteroatoms. The molecule has 0 aromatic heterocycles. The molecule has 162 valence electrons. The second-order valence-electron chi connectivity index (χ2n) is 7.43. The van der Waals surface area contributed by atoms with Crippen molar-refractivity contribution in [1.29, 1.82) is 0 Å². The summed E-state index contributed by atoms with van der Waals surface area (Å²) in [5, 5.41) is 3.21. The van der Waals surface area contributed by atoms with Crippen LogP contribution in [-0.2, 0) is 23.9 Å². The molecule has 1 N–H and O–H groups in total. The number of methoxy groups -OCH3 is 2. The van der Waals surface area contributed by atoms with Gasteiger partial charge in [-0.15, -0.1) is 0 Å². The molecule has 0 unspecified atom stereocenters. The van der Waals surface area contributed by atoms with Crippen molar-refractivity contribution >= 4 is 17.7 Å². The molecular weight excluding hydrogens is 400 g/mol. The first-order valence-corrected chi connectivity index (χ1v) is 10.0. The summed E-state index contributed by atoms with van der Waals surface area (Å²) in [7, 11) is 2.82. The smallest absolute Gasteiger partial charge is 0.323 e. The van der Waals surface area contributed by atoms with Gasteiger partial charge in [0.1, 0.15) is 23.2 Å².